The SMILES string of the molecule is CCCCCOc1ccc(/C=C(\C#N)c2nc3ccccc3n2C)cc1. The van der Waals surface area contributed by atoms with Gasteiger partial charge in [0.15, 0.2) is 5.82 Å². The van der Waals surface area contributed by atoms with Gasteiger partial charge < -0.3 is 9.30 Å². The molecule has 0 atom stereocenters. The largest absolute Gasteiger partial charge is 0.494 e. The molecule has 1 heterocycles. The van der Waals surface area contributed by atoms with Crippen molar-refractivity contribution in [1.29, 1.82) is 5.26 Å². The third kappa shape index (κ3) is 3.94. The first-order valence-corrected chi connectivity index (χ1v) is 8.99. The minimum atomic E-state index is 0.542. The molecule has 0 aliphatic carbocycles. The summed E-state index contributed by atoms with van der Waals surface area (Å²) in [6.45, 7) is 2.92. The normalized spacial score (nSPS) is 11.5. The summed E-state index contributed by atoms with van der Waals surface area (Å²) in [4.78, 5) is 4.60. The third-order valence-corrected chi connectivity index (χ3v) is 4.36. The monoisotopic (exact) mass is 345 g/mol. The molecule has 4 heteroatoms. The fraction of sp³-hybridized carbons (Fsp3) is 0.273. The van der Waals surface area contributed by atoms with E-state index < -0.39 is 0 Å². The second-order valence-electron chi connectivity index (χ2n) is 6.28. The number of hydrogen-bond acceptors (Lipinski definition) is 3. The van der Waals surface area contributed by atoms with Crippen LogP contribution in [0, 0.1) is 11.3 Å². The number of para-hydroxylation sites is 2. The van der Waals surface area contributed by atoms with Crippen molar-refractivity contribution in [1.82, 2.24) is 9.55 Å². The average molecular weight is 345 g/mol. The lowest BCUT2D eigenvalue weighted by Crippen LogP contribution is -1.97. The van der Waals surface area contributed by atoms with Crippen LogP contribution in [-0.4, -0.2) is 16.2 Å². The zero-order valence-corrected chi connectivity index (χ0v) is 15.3. The highest BCUT2D eigenvalue weighted by molar-refractivity contribution is 5.90. The van der Waals surface area contributed by atoms with Gasteiger partial charge in [0, 0.05) is 7.05 Å². The van der Waals surface area contributed by atoms with Gasteiger partial charge in [-0.05, 0) is 42.3 Å². The molecule has 0 spiro atoms. The lowest BCUT2D eigenvalue weighted by atomic mass is 10.1. The van der Waals surface area contributed by atoms with Gasteiger partial charge in [-0.2, -0.15) is 5.26 Å². The first-order valence-electron chi connectivity index (χ1n) is 8.99. The van der Waals surface area contributed by atoms with Gasteiger partial charge in [-0.1, -0.05) is 44.0 Å². The molecule has 0 saturated carbocycles. The van der Waals surface area contributed by atoms with E-state index in [1.165, 1.54) is 12.8 Å². The first-order chi connectivity index (χ1) is 12.7. The summed E-state index contributed by atoms with van der Waals surface area (Å²) in [6.07, 6.45) is 5.31. The lowest BCUT2D eigenvalue weighted by molar-refractivity contribution is 0.306. The zero-order valence-electron chi connectivity index (χ0n) is 15.3. The van der Waals surface area contributed by atoms with Crippen molar-refractivity contribution in [3.63, 3.8) is 0 Å². The number of aromatic nitrogens is 2. The van der Waals surface area contributed by atoms with Crippen LogP contribution in [0.1, 0.15) is 37.6 Å². The molecule has 0 saturated heterocycles. The number of nitriles is 1. The van der Waals surface area contributed by atoms with Crippen molar-refractivity contribution in [2.75, 3.05) is 6.61 Å². The number of nitrogens with zero attached hydrogens (tertiary/aromatic N) is 3. The summed E-state index contributed by atoms with van der Waals surface area (Å²) in [7, 11) is 1.93. The summed E-state index contributed by atoms with van der Waals surface area (Å²) in [5, 5.41) is 9.62. The molecule has 0 bridgehead atoms. The van der Waals surface area contributed by atoms with Gasteiger partial charge in [0.05, 0.1) is 23.2 Å². The molecule has 1 aromatic heterocycles. The second-order valence-corrected chi connectivity index (χ2v) is 6.28. The molecule has 0 unspecified atom stereocenters. The van der Waals surface area contributed by atoms with Crippen LogP contribution in [0.4, 0.5) is 0 Å². The van der Waals surface area contributed by atoms with Crippen LogP contribution in [0.3, 0.4) is 0 Å². The molecule has 0 amide bonds. The summed E-state index contributed by atoms with van der Waals surface area (Å²) < 4.78 is 7.69. The minimum Gasteiger partial charge on any atom is -0.494 e. The van der Waals surface area contributed by atoms with E-state index in [4.69, 9.17) is 4.74 Å². The second kappa shape index (κ2) is 8.35. The molecular weight excluding hydrogens is 322 g/mol. The Hall–Kier alpha value is -3.06. The van der Waals surface area contributed by atoms with Gasteiger partial charge in [0.25, 0.3) is 0 Å². The number of unbranched alkanes of at least 4 members (excludes halogenated alkanes) is 2. The van der Waals surface area contributed by atoms with Gasteiger partial charge in [-0.15, -0.1) is 0 Å². The van der Waals surface area contributed by atoms with Crippen molar-refractivity contribution >= 4 is 22.7 Å². The predicted molar refractivity (Wildman–Crippen MR) is 106 cm³/mol. The predicted octanol–water partition coefficient (Wildman–Crippen LogP) is 5.21. The number of benzene rings is 2. The average Bonchev–Trinajstić information content (AvgIpc) is 3.01. The maximum absolute atomic E-state index is 9.62. The standard InChI is InChI=1S/C22H23N3O/c1-3-4-7-14-26-19-12-10-17(11-13-19)15-18(16-23)22-24-20-8-5-6-9-21(20)25(22)2/h5-6,8-13,15H,3-4,7,14H2,1-2H3/b18-15+. The highest BCUT2D eigenvalue weighted by atomic mass is 16.5. The van der Waals surface area contributed by atoms with Crippen LogP contribution in [0.2, 0.25) is 0 Å². The van der Waals surface area contributed by atoms with Crippen molar-refractivity contribution in [3.8, 4) is 11.8 Å². The Labute approximate surface area is 154 Å². The Bertz CT molecular complexity index is 946. The van der Waals surface area contributed by atoms with E-state index in [1.54, 1.807) is 0 Å². The van der Waals surface area contributed by atoms with Crippen LogP contribution in [0.15, 0.2) is 48.5 Å². The zero-order chi connectivity index (χ0) is 18.4. The third-order valence-electron chi connectivity index (χ3n) is 4.36. The summed E-state index contributed by atoms with van der Waals surface area (Å²) >= 11 is 0. The number of allylic oxidation sites excluding steroid dienone is 1. The van der Waals surface area contributed by atoms with Gasteiger partial charge in [-0.25, -0.2) is 4.98 Å². The van der Waals surface area contributed by atoms with E-state index >= 15 is 0 Å². The van der Waals surface area contributed by atoms with E-state index in [0.29, 0.717) is 11.4 Å². The van der Waals surface area contributed by atoms with Crippen LogP contribution < -0.4 is 4.74 Å². The Morgan fingerprint density at radius 2 is 1.92 bits per heavy atom. The summed E-state index contributed by atoms with van der Waals surface area (Å²) in [5.41, 5.74) is 3.40. The van der Waals surface area contributed by atoms with E-state index in [0.717, 1.165) is 35.4 Å². The smallest absolute Gasteiger partial charge is 0.151 e. The number of aryl methyl sites for hydroxylation is 1. The van der Waals surface area contributed by atoms with E-state index in [9.17, 15) is 5.26 Å². The Balaban J connectivity index is 1.80. The van der Waals surface area contributed by atoms with Crippen LogP contribution in [0.25, 0.3) is 22.7 Å². The number of ether oxygens (including phenoxy) is 1. The summed E-state index contributed by atoms with van der Waals surface area (Å²) in [6, 6.07) is 18.0. The number of imidazole rings is 1. The molecule has 3 rings (SSSR count). The van der Waals surface area contributed by atoms with E-state index in [-0.39, 0.29) is 0 Å². The van der Waals surface area contributed by atoms with Gasteiger partial charge in [-0.3, -0.25) is 0 Å². The maximum atomic E-state index is 9.62. The minimum absolute atomic E-state index is 0.542. The molecule has 132 valence electrons. The molecule has 2 aromatic carbocycles. The van der Waals surface area contributed by atoms with Crippen molar-refractivity contribution in [2.45, 2.75) is 26.2 Å². The number of hydrogen-bond donors (Lipinski definition) is 0. The van der Waals surface area contributed by atoms with E-state index in [1.807, 2.05) is 66.2 Å². The molecule has 0 radical (unpaired) electrons. The van der Waals surface area contributed by atoms with Crippen LogP contribution in [-0.2, 0) is 7.05 Å². The fourth-order valence-corrected chi connectivity index (χ4v) is 2.90. The molecule has 3 aromatic rings. The Morgan fingerprint density at radius 1 is 1.15 bits per heavy atom. The number of rotatable bonds is 7. The highest BCUT2D eigenvalue weighted by Gasteiger charge is 2.11. The van der Waals surface area contributed by atoms with Crippen molar-refractivity contribution in [3.05, 3.63) is 59.9 Å². The molecule has 26 heavy (non-hydrogen) atoms. The van der Waals surface area contributed by atoms with Gasteiger partial charge >= 0.3 is 0 Å². The quantitative estimate of drug-likeness (QED) is 0.436. The summed E-state index contributed by atoms with van der Waals surface area (Å²) in [5.74, 6) is 1.54. The number of fused-ring (bicyclic) bond motifs is 1. The van der Waals surface area contributed by atoms with Crippen LogP contribution >= 0.6 is 0 Å². The van der Waals surface area contributed by atoms with Gasteiger partial charge in [0.2, 0.25) is 0 Å². The van der Waals surface area contributed by atoms with E-state index in [2.05, 4.69) is 18.0 Å². The van der Waals surface area contributed by atoms with Crippen molar-refractivity contribution in [2.24, 2.45) is 7.05 Å². The molecule has 0 aliphatic heterocycles. The van der Waals surface area contributed by atoms with Crippen LogP contribution in [0.5, 0.6) is 5.75 Å². The molecular formula is C22H23N3O. The topological polar surface area (TPSA) is 50.8 Å². The Kier molecular flexibility index (Phi) is 5.70. The molecule has 0 N–H and O–H groups in total. The highest BCUT2D eigenvalue weighted by Crippen LogP contribution is 2.23. The molecule has 0 aliphatic rings. The van der Waals surface area contributed by atoms with Crippen molar-refractivity contribution < 1.29 is 4.74 Å². The first kappa shape index (κ1) is 17.8. The Morgan fingerprint density at radius 3 is 2.62 bits per heavy atom. The lowest BCUT2D eigenvalue weighted by Gasteiger charge is -2.06. The van der Waals surface area contributed by atoms with Gasteiger partial charge in [0.1, 0.15) is 11.8 Å². The maximum Gasteiger partial charge on any atom is 0.151 e. The fourth-order valence-electron chi connectivity index (χ4n) is 2.90. The molecule has 0 fully saturated rings. The molecule has 4 nitrogen and oxygen atoms in total.